The molecule has 0 aromatic heterocycles. The molecule has 5 heteroatoms. The molecular weight excluding hydrogens is 396 g/mol. The van der Waals surface area contributed by atoms with Crippen LogP contribution in [0.15, 0.2) is 60.2 Å². The van der Waals surface area contributed by atoms with Gasteiger partial charge in [0, 0.05) is 10.9 Å². The van der Waals surface area contributed by atoms with Gasteiger partial charge >= 0.3 is 5.97 Å². The van der Waals surface area contributed by atoms with Crippen molar-refractivity contribution >= 4 is 46.7 Å². The number of carbonyl (C=O) groups excluding carboxylic acids is 1. The van der Waals surface area contributed by atoms with Crippen LogP contribution in [0.1, 0.15) is 23.5 Å². The van der Waals surface area contributed by atoms with Crippen LogP contribution in [0.2, 0.25) is 5.02 Å². The number of carbonyl (C=O) groups is 1. The van der Waals surface area contributed by atoms with Crippen molar-refractivity contribution in [1.29, 1.82) is 0 Å². The molecule has 0 amide bonds. The minimum Gasteiger partial charge on any atom is -0.469 e. The SMILES string of the molecule is COC(=O)[C@@H]1C(C2SCCCS2)=C(c2ccccc2)[C@H]1c1ccc(Cl)cc1. The number of hydrogen-bond donors (Lipinski definition) is 0. The first-order valence-electron chi connectivity index (χ1n) is 9.06. The molecule has 1 fully saturated rings. The molecule has 140 valence electrons. The molecule has 1 heterocycles. The van der Waals surface area contributed by atoms with E-state index in [-0.39, 0.29) is 17.8 Å². The maximum absolute atomic E-state index is 12.8. The van der Waals surface area contributed by atoms with Crippen LogP contribution in [0.5, 0.6) is 0 Å². The average molecular weight is 417 g/mol. The Morgan fingerprint density at radius 2 is 1.70 bits per heavy atom. The lowest BCUT2D eigenvalue weighted by atomic mass is 9.63. The summed E-state index contributed by atoms with van der Waals surface area (Å²) in [5, 5.41) is 0.705. The number of rotatable bonds is 4. The van der Waals surface area contributed by atoms with Gasteiger partial charge in [-0.1, -0.05) is 54.1 Å². The summed E-state index contributed by atoms with van der Waals surface area (Å²) in [5.41, 5.74) is 4.82. The predicted molar refractivity (Wildman–Crippen MR) is 116 cm³/mol. The Balaban J connectivity index is 1.85. The van der Waals surface area contributed by atoms with E-state index in [2.05, 4.69) is 24.3 Å². The van der Waals surface area contributed by atoms with Crippen molar-refractivity contribution in [2.24, 2.45) is 5.92 Å². The first-order valence-corrected chi connectivity index (χ1v) is 11.5. The number of allylic oxidation sites excluding steroid dienone is 1. The third kappa shape index (κ3) is 3.67. The molecule has 2 aromatic rings. The molecule has 2 aromatic carbocycles. The lowest BCUT2D eigenvalue weighted by Gasteiger charge is -2.44. The number of thioether (sulfide) groups is 2. The largest absolute Gasteiger partial charge is 0.469 e. The maximum atomic E-state index is 12.8. The van der Waals surface area contributed by atoms with E-state index in [1.807, 2.05) is 53.9 Å². The maximum Gasteiger partial charge on any atom is 0.313 e. The highest BCUT2D eigenvalue weighted by Crippen LogP contribution is 2.58. The van der Waals surface area contributed by atoms with Crippen LogP contribution in [-0.4, -0.2) is 29.2 Å². The first kappa shape index (κ1) is 19.0. The van der Waals surface area contributed by atoms with Crippen LogP contribution in [0.3, 0.4) is 0 Å². The van der Waals surface area contributed by atoms with E-state index in [4.69, 9.17) is 16.3 Å². The summed E-state index contributed by atoms with van der Waals surface area (Å²) in [4.78, 5) is 12.8. The Hall–Kier alpha value is -1.36. The zero-order valence-electron chi connectivity index (χ0n) is 15.1. The van der Waals surface area contributed by atoms with Gasteiger partial charge in [-0.05, 0) is 52.3 Å². The number of benzene rings is 2. The molecule has 1 aliphatic heterocycles. The number of ether oxygens (including phenoxy) is 1. The molecule has 0 saturated carbocycles. The Labute approximate surface area is 173 Å². The number of halogens is 1. The molecule has 1 aliphatic carbocycles. The van der Waals surface area contributed by atoms with Gasteiger partial charge < -0.3 is 4.74 Å². The summed E-state index contributed by atoms with van der Waals surface area (Å²) in [6.07, 6.45) is 1.23. The van der Waals surface area contributed by atoms with Crippen LogP contribution >= 0.6 is 35.1 Å². The quantitative estimate of drug-likeness (QED) is 0.581. The van der Waals surface area contributed by atoms with Gasteiger partial charge in [-0.3, -0.25) is 4.79 Å². The average Bonchev–Trinajstić information content (AvgIpc) is 2.70. The molecule has 1 saturated heterocycles. The normalized spacial score (nSPS) is 23.0. The zero-order valence-corrected chi connectivity index (χ0v) is 17.4. The monoisotopic (exact) mass is 416 g/mol. The molecular formula is C22H21ClO2S2. The molecule has 4 rings (SSSR count). The highest BCUT2D eigenvalue weighted by molar-refractivity contribution is 8.17. The molecule has 27 heavy (non-hydrogen) atoms. The van der Waals surface area contributed by atoms with Crippen molar-refractivity contribution < 1.29 is 9.53 Å². The fourth-order valence-electron chi connectivity index (χ4n) is 3.92. The van der Waals surface area contributed by atoms with E-state index < -0.39 is 0 Å². The highest BCUT2D eigenvalue weighted by Gasteiger charge is 2.49. The van der Waals surface area contributed by atoms with E-state index in [9.17, 15) is 4.79 Å². The lowest BCUT2D eigenvalue weighted by Crippen LogP contribution is -2.39. The third-order valence-electron chi connectivity index (χ3n) is 5.14. The van der Waals surface area contributed by atoms with Crippen molar-refractivity contribution in [3.8, 4) is 0 Å². The number of methoxy groups -OCH3 is 1. The topological polar surface area (TPSA) is 26.3 Å². The van der Waals surface area contributed by atoms with Crippen LogP contribution in [0.4, 0.5) is 0 Å². The highest BCUT2D eigenvalue weighted by atomic mass is 35.5. The Morgan fingerprint density at radius 3 is 2.33 bits per heavy atom. The Morgan fingerprint density at radius 1 is 1.04 bits per heavy atom. The first-order chi connectivity index (χ1) is 13.2. The molecule has 2 atom stereocenters. The minimum atomic E-state index is -0.227. The minimum absolute atomic E-state index is 0.00948. The molecule has 0 bridgehead atoms. The van der Waals surface area contributed by atoms with Gasteiger partial charge in [0.1, 0.15) is 0 Å². The second-order valence-corrected chi connectivity index (χ2v) is 9.85. The summed E-state index contributed by atoms with van der Waals surface area (Å²) in [7, 11) is 1.49. The van der Waals surface area contributed by atoms with Gasteiger partial charge in [0.25, 0.3) is 0 Å². The second-order valence-electron chi connectivity index (χ2n) is 6.69. The van der Waals surface area contributed by atoms with Gasteiger partial charge in [0.05, 0.1) is 17.6 Å². The van der Waals surface area contributed by atoms with Crippen molar-refractivity contribution in [2.75, 3.05) is 18.6 Å². The van der Waals surface area contributed by atoms with Crippen LogP contribution in [0.25, 0.3) is 5.57 Å². The van der Waals surface area contributed by atoms with Crippen molar-refractivity contribution in [1.82, 2.24) is 0 Å². The number of esters is 1. The summed E-state index contributed by atoms with van der Waals surface area (Å²) in [6, 6.07) is 18.3. The van der Waals surface area contributed by atoms with E-state index in [1.54, 1.807) is 0 Å². The molecule has 0 N–H and O–H groups in total. The molecule has 0 radical (unpaired) electrons. The standard InChI is InChI=1S/C22H21ClO2S2/c1-25-21(24)19-17(15-8-10-16(23)11-9-15)18(14-6-3-2-4-7-14)20(19)22-26-12-5-13-27-22/h2-4,6-11,17,19,22H,5,12-13H2,1H3/t17-,19+/m1/s1. The summed E-state index contributed by atoms with van der Waals surface area (Å²) in [5.74, 6) is 1.92. The van der Waals surface area contributed by atoms with E-state index in [1.165, 1.54) is 30.2 Å². The van der Waals surface area contributed by atoms with Crippen LogP contribution in [0, 0.1) is 5.92 Å². The van der Waals surface area contributed by atoms with E-state index >= 15 is 0 Å². The summed E-state index contributed by atoms with van der Waals surface area (Å²) < 4.78 is 5.54. The van der Waals surface area contributed by atoms with Gasteiger partial charge in [0.2, 0.25) is 0 Å². The van der Waals surface area contributed by atoms with Crippen molar-refractivity contribution in [2.45, 2.75) is 16.9 Å². The van der Waals surface area contributed by atoms with E-state index in [0.29, 0.717) is 9.60 Å². The van der Waals surface area contributed by atoms with Crippen molar-refractivity contribution in [3.05, 3.63) is 76.3 Å². The Kier molecular flexibility index (Phi) is 5.86. The third-order valence-corrected chi connectivity index (χ3v) is 8.37. The molecule has 0 unspecified atom stereocenters. The van der Waals surface area contributed by atoms with Gasteiger partial charge in [-0.15, -0.1) is 23.5 Å². The molecule has 2 nitrogen and oxygen atoms in total. The Bertz CT molecular complexity index is 842. The fraction of sp³-hybridized carbons (Fsp3) is 0.318. The molecule has 2 aliphatic rings. The van der Waals surface area contributed by atoms with Crippen LogP contribution in [-0.2, 0) is 9.53 Å². The molecule has 0 spiro atoms. The van der Waals surface area contributed by atoms with Crippen molar-refractivity contribution in [3.63, 3.8) is 0 Å². The fourth-order valence-corrected chi connectivity index (χ4v) is 7.15. The second kappa shape index (κ2) is 8.34. The van der Waals surface area contributed by atoms with E-state index in [0.717, 1.165) is 17.1 Å². The van der Waals surface area contributed by atoms with Gasteiger partial charge in [-0.2, -0.15) is 0 Å². The predicted octanol–water partition coefficient (Wildman–Crippen LogP) is 5.88. The van der Waals surface area contributed by atoms with Crippen LogP contribution < -0.4 is 0 Å². The lowest BCUT2D eigenvalue weighted by molar-refractivity contribution is -0.144. The summed E-state index contributed by atoms with van der Waals surface area (Å²) in [6.45, 7) is 0. The van der Waals surface area contributed by atoms with Gasteiger partial charge in [-0.25, -0.2) is 0 Å². The van der Waals surface area contributed by atoms with Gasteiger partial charge in [0.15, 0.2) is 0 Å². The smallest absolute Gasteiger partial charge is 0.313 e. The zero-order chi connectivity index (χ0) is 18.8. The summed E-state index contributed by atoms with van der Waals surface area (Å²) >= 11 is 10.0. The number of hydrogen-bond acceptors (Lipinski definition) is 4.